The minimum atomic E-state index is -0.759. The molecule has 6 nitrogen and oxygen atoms in total. The molecular formula is C49H94O6. The van der Waals surface area contributed by atoms with Gasteiger partial charge in [-0.25, -0.2) is 0 Å². The first-order valence-electron chi connectivity index (χ1n) is 24.3. The van der Waals surface area contributed by atoms with Gasteiger partial charge in [0, 0.05) is 19.3 Å². The summed E-state index contributed by atoms with van der Waals surface area (Å²) < 4.78 is 16.7. The van der Waals surface area contributed by atoms with E-state index in [0.717, 1.165) is 69.6 Å². The minimum Gasteiger partial charge on any atom is -0.462 e. The van der Waals surface area contributed by atoms with Gasteiger partial charge in [0.1, 0.15) is 13.2 Å². The molecule has 1 unspecified atom stereocenters. The van der Waals surface area contributed by atoms with Crippen LogP contribution < -0.4 is 0 Å². The molecule has 0 aromatic rings. The maximum atomic E-state index is 12.6. The fraction of sp³-hybridized carbons (Fsp3) is 0.939. The first kappa shape index (κ1) is 53.4. The molecule has 0 saturated carbocycles. The van der Waals surface area contributed by atoms with Crippen molar-refractivity contribution in [1.82, 2.24) is 0 Å². The highest BCUT2D eigenvalue weighted by atomic mass is 16.6. The van der Waals surface area contributed by atoms with Gasteiger partial charge >= 0.3 is 17.9 Å². The van der Waals surface area contributed by atoms with Crippen LogP contribution in [0.15, 0.2) is 0 Å². The quantitative estimate of drug-likeness (QED) is 0.0348. The Labute approximate surface area is 342 Å². The third-order valence-corrected chi connectivity index (χ3v) is 11.3. The summed E-state index contributed by atoms with van der Waals surface area (Å²) in [5.41, 5.74) is 0. The molecule has 6 heteroatoms. The highest BCUT2D eigenvalue weighted by Gasteiger charge is 2.19. The summed E-state index contributed by atoms with van der Waals surface area (Å²) in [4.78, 5) is 37.7. The summed E-state index contributed by atoms with van der Waals surface area (Å²) in [6.07, 6.45) is 41.0. The van der Waals surface area contributed by atoms with Crippen LogP contribution in [0.25, 0.3) is 0 Å². The van der Waals surface area contributed by atoms with Crippen LogP contribution >= 0.6 is 0 Å². The van der Waals surface area contributed by atoms with Gasteiger partial charge < -0.3 is 14.2 Å². The number of carbonyl (C=O) groups excluding carboxylic acids is 3. The standard InChI is InChI=1S/C49H94O6/c1-6-8-9-10-22-31-36-41-49(52)55-46(43-54-48(51)40-35-30-26-21-20-24-28-33-38-45(5)7-2)42-53-47(50)39-34-29-25-19-17-15-13-11-12-14-16-18-23-27-32-37-44(3)4/h44-46H,6-43H2,1-5H3/t45?,46-/m0/s1. The zero-order valence-corrected chi connectivity index (χ0v) is 37.6. The molecule has 0 spiro atoms. The van der Waals surface area contributed by atoms with Crippen LogP contribution in [0.1, 0.15) is 266 Å². The van der Waals surface area contributed by atoms with Crippen molar-refractivity contribution >= 4 is 17.9 Å². The summed E-state index contributed by atoms with van der Waals surface area (Å²) in [5.74, 6) is 0.836. The lowest BCUT2D eigenvalue weighted by molar-refractivity contribution is -0.167. The van der Waals surface area contributed by atoms with E-state index in [1.807, 2.05) is 0 Å². The van der Waals surface area contributed by atoms with Gasteiger partial charge in [-0.2, -0.15) is 0 Å². The lowest BCUT2D eigenvalue weighted by atomic mass is 9.99. The summed E-state index contributed by atoms with van der Waals surface area (Å²) in [7, 11) is 0. The van der Waals surface area contributed by atoms with Gasteiger partial charge in [-0.05, 0) is 31.1 Å². The Morgan fingerprint density at radius 1 is 0.382 bits per heavy atom. The Morgan fingerprint density at radius 3 is 1.04 bits per heavy atom. The van der Waals surface area contributed by atoms with E-state index in [0.29, 0.717) is 19.3 Å². The maximum absolute atomic E-state index is 12.6. The van der Waals surface area contributed by atoms with Crippen molar-refractivity contribution in [3.8, 4) is 0 Å². The lowest BCUT2D eigenvalue weighted by Gasteiger charge is -2.18. The third kappa shape index (κ3) is 41.9. The first-order valence-corrected chi connectivity index (χ1v) is 24.3. The number of hydrogen-bond acceptors (Lipinski definition) is 6. The molecule has 0 rings (SSSR count). The molecule has 55 heavy (non-hydrogen) atoms. The van der Waals surface area contributed by atoms with Crippen molar-refractivity contribution in [1.29, 1.82) is 0 Å². The smallest absolute Gasteiger partial charge is 0.306 e. The Hall–Kier alpha value is -1.59. The van der Waals surface area contributed by atoms with E-state index in [9.17, 15) is 14.4 Å². The van der Waals surface area contributed by atoms with Gasteiger partial charge in [0.25, 0.3) is 0 Å². The van der Waals surface area contributed by atoms with E-state index in [4.69, 9.17) is 14.2 Å². The molecular weight excluding hydrogens is 685 g/mol. The van der Waals surface area contributed by atoms with Crippen LogP contribution in [0.3, 0.4) is 0 Å². The van der Waals surface area contributed by atoms with Crippen LogP contribution in [-0.2, 0) is 28.6 Å². The molecule has 0 aliphatic heterocycles. The number of carbonyl (C=O) groups is 3. The zero-order valence-electron chi connectivity index (χ0n) is 37.6. The van der Waals surface area contributed by atoms with Gasteiger partial charge in [0.15, 0.2) is 6.10 Å². The SMILES string of the molecule is CCCCCCCCCC(=O)O[C@@H](COC(=O)CCCCCCCCCCCCCCCCCC(C)C)COC(=O)CCCCCCCCCCC(C)CC. The second-order valence-corrected chi connectivity index (χ2v) is 17.5. The van der Waals surface area contributed by atoms with E-state index >= 15 is 0 Å². The Kier molecular flexibility index (Phi) is 40.8. The van der Waals surface area contributed by atoms with Gasteiger partial charge in [-0.1, -0.05) is 227 Å². The van der Waals surface area contributed by atoms with Crippen LogP contribution in [0.5, 0.6) is 0 Å². The predicted octanol–water partition coefficient (Wildman–Crippen LogP) is 15.4. The molecule has 0 fully saturated rings. The number of esters is 3. The predicted molar refractivity (Wildman–Crippen MR) is 233 cm³/mol. The molecule has 0 N–H and O–H groups in total. The molecule has 0 bridgehead atoms. The normalized spacial score (nSPS) is 12.5. The van der Waals surface area contributed by atoms with Gasteiger partial charge in [0.05, 0.1) is 0 Å². The fourth-order valence-electron chi connectivity index (χ4n) is 7.25. The van der Waals surface area contributed by atoms with Crippen molar-refractivity contribution in [3.05, 3.63) is 0 Å². The third-order valence-electron chi connectivity index (χ3n) is 11.3. The average molecular weight is 779 g/mol. The molecule has 0 aliphatic rings. The van der Waals surface area contributed by atoms with Crippen LogP contribution in [0.4, 0.5) is 0 Å². The Morgan fingerprint density at radius 2 is 0.691 bits per heavy atom. The van der Waals surface area contributed by atoms with E-state index < -0.39 is 6.10 Å². The van der Waals surface area contributed by atoms with Crippen molar-refractivity contribution in [3.63, 3.8) is 0 Å². The van der Waals surface area contributed by atoms with E-state index in [1.165, 1.54) is 154 Å². The van der Waals surface area contributed by atoms with E-state index in [1.54, 1.807) is 0 Å². The lowest BCUT2D eigenvalue weighted by Crippen LogP contribution is -2.30. The summed E-state index contributed by atoms with van der Waals surface area (Å²) in [6.45, 7) is 11.3. The number of unbranched alkanes of at least 4 members (excludes halogenated alkanes) is 27. The molecule has 0 aromatic heterocycles. The minimum absolute atomic E-state index is 0.0650. The van der Waals surface area contributed by atoms with Gasteiger partial charge in [0.2, 0.25) is 0 Å². The van der Waals surface area contributed by atoms with Crippen molar-refractivity contribution in [2.24, 2.45) is 11.8 Å². The Balaban J connectivity index is 4.18. The van der Waals surface area contributed by atoms with E-state index in [2.05, 4.69) is 34.6 Å². The zero-order chi connectivity index (χ0) is 40.5. The molecule has 0 amide bonds. The topological polar surface area (TPSA) is 78.9 Å². The van der Waals surface area contributed by atoms with Crippen LogP contribution in [-0.4, -0.2) is 37.2 Å². The van der Waals surface area contributed by atoms with E-state index in [-0.39, 0.29) is 31.1 Å². The molecule has 0 saturated heterocycles. The first-order chi connectivity index (χ1) is 26.8. The van der Waals surface area contributed by atoms with Crippen molar-refractivity contribution in [2.75, 3.05) is 13.2 Å². The largest absolute Gasteiger partial charge is 0.462 e. The summed E-state index contributed by atoms with van der Waals surface area (Å²) in [6, 6.07) is 0. The van der Waals surface area contributed by atoms with Crippen molar-refractivity contribution in [2.45, 2.75) is 272 Å². The maximum Gasteiger partial charge on any atom is 0.306 e. The molecule has 0 aromatic carbocycles. The number of ether oxygens (including phenoxy) is 3. The molecule has 0 heterocycles. The number of rotatable bonds is 43. The molecule has 2 atom stereocenters. The van der Waals surface area contributed by atoms with Gasteiger partial charge in [-0.15, -0.1) is 0 Å². The molecule has 0 radical (unpaired) electrons. The second kappa shape index (κ2) is 42.0. The highest BCUT2D eigenvalue weighted by Crippen LogP contribution is 2.17. The summed E-state index contributed by atoms with van der Waals surface area (Å²) >= 11 is 0. The second-order valence-electron chi connectivity index (χ2n) is 17.5. The van der Waals surface area contributed by atoms with Gasteiger partial charge in [-0.3, -0.25) is 14.4 Å². The van der Waals surface area contributed by atoms with Crippen molar-refractivity contribution < 1.29 is 28.6 Å². The summed E-state index contributed by atoms with van der Waals surface area (Å²) in [5, 5.41) is 0. The number of hydrogen-bond donors (Lipinski definition) is 0. The molecule has 0 aliphatic carbocycles. The monoisotopic (exact) mass is 779 g/mol. The highest BCUT2D eigenvalue weighted by molar-refractivity contribution is 5.71. The van der Waals surface area contributed by atoms with Crippen LogP contribution in [0.2, 0.25) is 0 Å². The fourth-order valence-corrected chi connectivity index (χ4v) is 7.25. The molecule has 326 valence electrons. The average Bonchev–Trinajstić information content (AvgIpc) is 3.17. The van der Waals surface area contributed by atoms with Crippen LogP contribution in [0, 0.1) is 11.8 Å². The Bertz CT molecular complexity index is 841.